The Kier molecular flexibility index (Phi) is 4.22. The van der Waals surface area contributed by atoms with E-state index in [1.54, 1.807) is 0 Å². The van der Waals surface area contributed by atoms with Crippen LogP contribution in [0.1, 0.15) is 27.9 Å². The zero-order valence-corrected chi connectivity index (χ0v) is 13.6. The number of rotatable bonds is 3. The first-order valence-electron chi connectivity index (χ1n) is 8.46. The number of fused-ring (bicyclic) bond motifs is 1. The van der Waals surface area contributed by atoms with E-state index in [9.17, 15) is 4.79 Å². The highest BCUT2D eigenvalue weighted by Crippen LogP contribution is 2.27. The van der Waals surface area contributed by atoms with Crippen LogP contribution in [0.5, 0.6) is 5.75 Å². The molecule has 0 saturated carbocycles. The Morgan fingerprint density at radius 1 is 1.17 bits per heavy atom. The van der Waals surface area contributed by atoms with E-state index in [0.717, 1.165) is 42.8 Å². The van der Waals surface area contributed by atoms with Crippen LogP contribution in [0, 0.1) is 5.92 Å². The second kappa shape index (κ2) is 6.65. The Hall–Kier alpha value is -2.33. The summed E-state index contributed by atoms with van der Waals surface area (Å²) in [5, 5.41) is 0. The van der Waals surface area contributed by atoms with Gasteiger partial charge in [-0.3, -0.25) is 4.79 Å². The third-order valence-electron chi connectivity index (χ3n) is 4.80. The molecule has 4 rings (SSSR count). The third kappa shape index (κ3) is 3.15. The van der Waals surface area contributed by atoms with Crippen LogP contribution in [-0.4, -0.2) is 30.7 Å². The molecule has 0 unspecified atom stereocenters. The molecule has 24 heavy (non-hydrogen) atoms. The maximum Gasteiger partial charge on any atom is 0.253 e. The van der Waals surface area contributed by atoms with E-state index in [0.29, 0.717) is 12.5 Å². The fraction of sp³-hybridized carbons (Fsp3) is 0.350. The first-order chi connectivity index (χ1) is 11.8. The number of nitrogens with zero attached hydrogens (tertiary/aromatic N) is 1. The molecular weight excluding hydrogens is 302 g/mol. The Morgan fingerprint density at radius 2 is 2.04 bits per heavy atom. The Bertz CT molecular complexity index is 729. The van der Waals surface area contributed by atoms with Crippen LogP contribution in [0.2, 0.25) is 0 Å². The van der Waals surface area contributed by atoms with Gasteiger partial charge in [-0.25, -0.2) is 0 Å². The molecule has 2 heterocycles. The molecule has 0 aliphatic carbocycles. The summed E-state index contributed by atoms with van der Waals surface area (Å²) in [4.78, 5) is 14.7. The molecule has 0 N–H and O–H groups in total. The van der Waals surface area contributed by atoms with Crippen LogP contribution in [0.15, 0.2) is 48.5 Å². The second-order valence-electron chi connectivity index (χ2n) is 6.53. The van der Waals surface area contributed by atoms with Gasteiger partial charge in [-0.1, -0.05) is 30.3 Å². The van der Waals surface area contributed by atoms with Crippen molar-refractivity contribution < 1.29 is 14.3 Å². The number of hydrogen-bond acceptors (Lipinski definition) is 3. The summed E-state index contributed by atoms with van der Waals surface area (Å²) in [5.74, 6) is 1.47. The zero-order valence-electron chi connectivity index (χ0n) is 13.6. The highest BCUT2D eigenvalue weighted by atomic mass is 16.7. The minimum Gasteiger partial charge on any atom is -0.467 e. The van der Waals surface area contributed by atoms with Crippen LogP contribution in [-0.2, 0) is 17.8 Å². The van der Waals surface area contributed by atoms with Crippen molar-refractivity contribution in [2.24, 2.45) is 5.92 Å². The van der Waals surface area contributed by atoms with E-state index in [2.05, 4.69) is 24.3 Å². The predicted molar refractivity (Wildman–Crippen MR) is 90.9 cm³/mol. The number of carbonyl (C=O) groups excluding carboxylic acids is 1. The molecule has 0 aromatic heterocycles. The van der Waals surface area contributed by atoms with Gasteiger partial charge in [0.2, 0.25) is 0 Å². The molecule has 4 nitrogen and oxygen atoms in total. The van der Waals surface area contributed by atoms with Gasteiger partial charge in [0.05, 0.1) is 6.61 Å². The van der Waals surface area contributed by atoms with Crippen molar-refractivity contribution in [3.05, 3.63) is 65.2 Å². The van der Waals surface area contributed by atoms with Crippen LogP contribution in [0.4, 0.5) is 0 Å². The van der Waals surface area contributed by atoms with E-state index >= 15 is 0 Å². The topological polar surface area (TPSA) is 38.8 Å². The fourth-order valence-electron chi connectivity index (χ4n) is 3.54. The quantitative estimate of drug-likeness (QED) is 0.870. The van der Waals surface area contributed by atoms with E-state index < -0.39 is 0 Å². The Labute approximate surface area is 142 Å². The first kappa shape index (κ1) is 15.2. The van der Waals surface area contributed by atoms with Crippen LogP contribution in [0.3, 0.4) is 0 Å². The largest absolute Gasteiger partial charge is 0.467 e. The molecular formula is C20H21NO3. The maximum atomic E-state index is 12.8. The summed E-state index contributed by atoms with van der Waals surface area (Å²) < 4.78 is 10.7. The number of benzene rings is 2. The van der Waals surface area contributed by atoms with E-state index in [4.69, 9.17) is 9.47 Å². The highest BCUT2D eigenvalue weighted by Gasteiger charge is 2.27. The van der Waals surface area contributed by atoms with Crippen molar-refractivity contribution >= 4 is 5.91 Å². The van der Waals surface area contributed by atoms with Crippen LogP contribution >= 0.6 is 0 Å². The lowest BCUT2D eigenvalue weighted by Crippen LogP contribution is -2.29. The number of likely N-dealkylation sites (tertiary alicyclic amines) is 1. The summed E-state index contributed by atoms with van der Waals surface area (Å²) in [6, 6.07) is 16.1. The van der Waals surface area contributed by atoms with E-state index in [-0.39, 0.29) is 12.7 Å². The lowest BCUT2D eigenvalue weighted by Gasteiger charge is -2.20. The van der Waals surface area contributed by atoms with Crippen molar-refractivity contribution in [1.82, 2.24) is 4.90 Å². The molecule has 2 aliphatic rings. The van der Waals surface area contributed by atoms with Crippen LogP contribution in [0.25, 0.3) is 0 Å². The average Bonchev–Trinajstić information content (AvgIpc) is 3.10. The lowest BCUT2D eigenvalue weighted by molar-refractivity contribution is -0.0164. The molecule has 2 aromatic rings. The summed E-state index contributed by atoms with van der Waals surface area (Å²) in [6.45, 7) is 2.46. The number of amides is 1. The fourth-order valence-corrected chi connectivity index (χ4v) is 3.54. The van der Waals surface area contributed by atoms with Gasteiger partial charge < -0.3 is 14.4 Å². The SMILES string of the molecule is O=C(c1ccc2c(c1)COCO2)N1CC[C@@H](Cc2ccccc2)C1. The van der Waals surface area contributed by atoms with Gasteiger partial charge in [-0.15, -0.1) is 0 Å². The first-order valence-corrected chi connectivity index (χ1v) is 8.46. The molecule has 1 saturated heterocycles. The Balaban J connectivity index is 1.42. The molecule has 2 aliphatic heterocycles. The average molecular weight is 323 g/mol. The van der Waals surface area contributed by atoms with Crippen molar-refractivity contribution in [3.63, 3.8) is 0 Å². The summed E-state index contributed by atoms with van der Waals surface area (Å²) in [6.07, 6.45) is 2.11. The van der Waals surface area contributed by atoms with Gasteiger partial charge in [-0.2, -0.15) is 0 Å². The molecule has 0 bridgehead atoms. The highest BCUT2D eigenvalue weighted by molar-refractivity contribution is 5.94. The Morgan fingerprint density at radius 3 is 2.92 bits per heavy atom. The number of carbonyl (C=O) groups is 1. The molecule has 124 valence electrons. The van der Waals surface area contributed by atoms with Crippen molar-refractivity contribution in [1.29, 1.82) is 0 Å². The van der Waals surface area contributed by atoms with Gasteiger partial charge in [0, 0.05) is 24.2 Å². The van der Waals surface area contributed by atoms with Gasteiger partial charge in [0.1, 0.15) is 5.75 Å². The normalized spacial score (nSPS) is 19.7. The van der Waals surface area contributed by atoms with E-state index in [1.165, 1.54) is 5.56 Å². The minimum atomic E-state index is 0.110. The number of ether oxygens (including phenoxy) is 2. The molecule has 0 spiro atoms. The maximum absolute atomic E-state index is 12.8. The third-order valence-corrected chi connectivity index (χ3v) is 4.80. The molecule has 1 fully saturated rings. The summed E-state index contributed by atoms with van der Waals surface area (Å²) in [5.41, 5.74) is 3.02. The molecule has 0 radical (unpaired) electrons. The molecule has 4 heteroatoms. The lowest BCUT2D eigenvalue weighted by atomic mass is 9.99. The van der Waals surface area contributed by atoms with Crippen molar-refractivity contribution in [3.8, 4) is 5.75 Å². The van der Waals surface area contributed by atoms with Gasteiger partial charge in [-0.05, 0) is 42.5 Å². The van der Waals surface area contributed by atoms with Gasteiger partial charge in [0.15, 0.2) is 6.79 Å². The van der Waals surface area contributed by atoms with Crippen molar-refractivity contribution in [2.75, 3.05) is 19.9 Å². The zero-order chi connectivity index (χ0) is 16.4. The van der Waals surface area contributed by atoms with Gasteiger partial charge in [0.25, 0.3) is 5.91 Å². The van der Waals surface area contributed by atoms with Gasteiger partial charge >= 0.3 is 0 Å². The number of hydrogen-bond donors (Lipinski definition) is 0. The molecule has 1 amide bonds. The minimum absolute atomic E-state index is 0.110. The summed E-state index contributed by atoms with van der Waals surface area (Å²) in [7, 11) is 0. The molecule has 2 aromatic carbocycles. The molecule has 1 atom stereocenters. The summed E-state index contributed by atoms with van der Waals surface area (Å²) >= 11 is 0. The standard InChI is InChI=1S/C20H21NO3/c22-20(17-6-7-19-18(11-17)13-23-14-24-19)21-9-8-16(12-21)10-15-4-2-1-3-5-15/h1-7,11,16H,8-10,12-14H2/t16-/m0/s1. The van der Waals surface area contributed by atoms with Crippen molar-refractivity contribution in [2.45, 2.75) is 19.4 Å². The van der Waals surface area contributed by atoms with Crippen LogP contribution < -0.4 is 4.74 Å². The smallest absolute Gasteiger partial charge is 0.253 e. The second-order valence-corrected chi connectivity index (χ2v) is 6.53. The monoisotopic (exact) mass is 323 g/mol. The predicted octanol–water partition coefficient (Wildman–Crippen LogP) is 3.26. The van der Waals surface area contributed by atoms with E-state index in [1.807, 2.05) is 29.2 Å².